The fourth-order valence-corrected chi connectivity index (χ4v) is 3.57. The molecule has 1 aromatic heterocycles. The van der Waals surface area contributed by atoms with E-state index >= 15 is 0 Å². The molecule has 164 valence electrons. The monoisotopic (exact) mass is 437 g/mol. The van der Waals surface area contributed by atoms with Crippen LogP contribution in [-0.4, -0.2) is 29.2 Å². The van der Waals surface area contributed by atoms with Crippen LogP contribution >= 0.6 is 0 Å². The summed E-state index contributed by atoms with van der Waals surface area (Å²) >= 11 is 0. The maximum Gasteiger partial charge on any atom is 0.272 e. The van der Waals surface area contributed by atoms with Gasteiger partial charge in [-0.15, -0.1) is 0 Å². The SMILES string of the molecule is N#Cc1ccc(-c2ccc(CC(=O)NCCCNc3n[nH]c(=O)c4ccccc34)cc2)cc1. The van der Waals surface area contributed by atoms with Gasteiger partial charge in [0, 0.05) is 18.5 Å². The second-order valence-electron chi connectivity index (χ2n) is 7.64. The minimum Gasteiger partial charge on any atom is -0.368 e. The molecule has 0 bridgehead atoms. The highest BCUT2D eigenvalue weighted by Crippen LogP contribution is 2.20. The van der Waals surface area contributed by atoms with Gasteiger partial charge in [-0.2, -0.15) is 10.4 Å². The van der Waals surface area contributed by atoms with E-state index in [0.717, 1.165) is 28.5 Å². The van der Waals surface area contributed by atoms with Gasteiger partial charge in [0.05, 0.1) is 23.4 Å². The van der Waals surface area contributed by atoms with E-state index in [4.69, 9.17) is 5.26 Å². The number of hydrogen-bond acceptors (Lipinski definition) is 5. The van der Waals surface area contributed by atoms with Crippen LogP contribution in [0.1, 0.15) is 17.5 Å². The van der Waals surface area contributed by atoms with E-state index < -0.39 is 0 Å². The second-order valence-corrected chi connectivity index (χ2v) is 7.64. The Bertz CT molecular complexity index is 1350. The number of carbonyl (C=O) groups excluding carboxylic acids is 1. The summed E-state index contributed by atoms with van der Waals surface area (Å²) < 4.78 is 0. The van der Waals surface area contributed by atoms with Crippen LogP contribution in [0.2, 0.25) is 0 Å². The van der Waals surface area contributed by atoms with E-state index in [1.54, 1.807) is 18.2 Å². The van der Waals surface area contributed by atoms with Crippen molar-refractivity contribution in [1.29, 1.82) is 5.26 Å². The largest absolute Gasteiger partial charge is 0.368 e. The van der Waals surface area contributed by atoms with E-state index in [9.17, 15) is 9.59 Å². The van der Waals surface area contributed by atoms with Gasteiger partial charge in [-0.3, -0.25) is 9.59 Å². The molecular formula is C26H23N5O2. The lowest BCUT2D eigenvalue weighted by molar-refractivity contribution is -0.120. The van der Waals surface area contributed by atoms with Gasteiger partial charge < -0.3 is 10.6 Å². The zero-order chi connectivity index (χ0) is 23.0. The quantitative estimate of drug-likeness (QED) is 0.365. The molecular weight excluding hydrogens is 414 g/mol. The number of nitrogens with zero attached hydrogens (tertiary/aromatic N) is 2. The van der Waals surface area contributed by atoms with Crippen LogP contribution < -0.4 is 16.2 Å². The maximum absolute atomic E-state index is 12.3. The molecule has 33 heavy (non-hydrogen) atoms. The summed E-state index contributed by atoms with van der Waals surface area (Å²) in [7, 11) is 0. The fourth-order valence-electron chi connectivity index (χ4n) is 3.57. The second kappa shape index (κ2) is 10.2. The Morgan fingerprint density at radius 3 is 2.27 bits per heavy atom. The Kier molecular flexibility index (Phi) is 6.76. The maximum atomic E-state index is 12.3. The third kappa shape index (κ3) is 5.43. The van der Waals surface area contributed by atoms with Gasteiger partial charge in [-0.1, -0.05) is 54.6 Å². The zero-order valence-electron chi connectivity index (χ0n) is 18.0. The van der Waals surface area contributed by atoms with Crippen molar-refractivity contribution in [2.45, 2.75) is 12.8 Å². The molecule has 0 aliphatic rings. The molecule has 1 amide bonds. The van der Waals surface area contributed by atoms with Crippen molar-refractivity contribution in [3.63, 3.8) is 0 Å². The fraction of sp³-hybridized carbons (Fsp3) is 0.154. The molecule has 3 N–H and O–H groups in total. The van der Waals surface area contributed by atoms with Crippen molar-refractivity contribution < 1.29 is 4.79 Å². The van der Waals surface area contributed by atoms with Crippen molar-refractivity contribution in [2.75, 3.05) is 18.4 Å². The number of anilines is 1. The predicted molar refractivity (Wildman–Crippen MR) is 129 cm³/mol. The van der Waals surface area contributed by atoms with Crippen molar-refractivity contribution >= 4 is 22.5 Å². The zero-order valence-corrected chi connectivity index (χ0v) is 18.0. The molecule has 0 aliphatic carbocycles. The average molecular weight is 438 g/mol. The molecule has 0 unspecified atom stereocenters. The van der Waals surface area contributed by atoms with Crippen LogP contribution in [0.3, 0.4) is 0 Å². The number of nitrogens with one attached hydrogen (secondary N) is 3. The lowest BCUT2D eigenvalue weighted by Crippen LogP contribution is -2.27. The Hall–Kier alpha value is -4.44. The van der Waals surface area contributed by atoms with Gasteiger partial charge in [-0.25, -0.2) is 5.10 Å². The summed E-state index contributed by atoms with van der Waals surface area (Å²) in [5.41, 5.74) is 3.42. The molecule has 0 aliphatic heterocycles. The molecule has 0 fully saturated rings. The van der Waals surface area contributed by atoms with Crippen molar-refractivity contribution in [3.8, 4) is 17.2 Å². The number of H-pyrrole nitrogens is 1. The normalized spacial score (nSPS) is 10.5. The molecule has 3 aromatic carbocycles. The summed E-state index contributed by atoms with van der Waals surface area (Å²) in [5.74, 6) is 0.590. The predicted octanol–water partition coefficient (Wildman–Crippen LogP) is 3.62. The van der Waals surface area contributed by atoms with Gasteiger partial charge in [0.1, 0.15) is 0 Å². The minimum absolute atomic E-state index is 0.0336. The highest BCUT2D eigenvalue weighted by Gasteiger charge is 2.06. The Morgan fingerprint density at radius 1 is 0.909 bits per heavy atom. The Morgan fingerprint density at radius 2 is 1.58 bits per heavy atom. The van der Waals surface area contributed by atoms with Crippen molar-refractivity contribution in [2.24, 2.45) is 0 Å². The molecule has 0 saturated carbocycles. The number of rotatable bonds is 8. The number of fused-ring (bicyclic) bond motifs is 1. The topological polar surface area (TPSA) is 111 Å². The lowest BCUT2D eigenvalue weighted by atomic mass is 10.0. The van der Waals surface area contributed by atoms with Gasteiger partial charge in [0.15, 0.2) is 5.82 Å². The number of benzene rings is 3. The number of carbonyl (C=O) groups is 1. The van der Waals surface area contributed by atoms with Crippen LogP contribution in [0.25, 0.3) is 21.9 Å². The van der Waals surface area contributed by atoms with E-state index in [1.807, 2.05) is 54.6 Å². The highest BCUT2D eigenvalue weighted by molar-refractivity contribution is 5.90. The molecule has 0 atom stereocenters. The standard InChI is InChI=1S/C26H23N5O2/c27-17-19-8-12-21(13-9-19)20-10-6-18(7-11-20)16-24(32)28-14-3-15-29-25-22-4-1-2-5-23(22)26(33)31-30-25/h1-2,4-13H,3,14-16H2,(H,28,32)(H,29,30)(H,31,33). The van der Waals surface area contributed by atoms with Crippen LogP contribution in [0.5, 0.6) is 0 Å². The molecule has 4 rings (SSSR count). The minimum atomic E-state index is -0.214. The van der Waals surface area contributed by atoms with Crippen LogP contribution in [0.4, 0.5) is 5.82 Å². The lowest BCUT2D eigenvalue weighted by Gasteiger charge is -2.09. The number of aromatic nitrogens is 2. The number of hydrogen-bond donors (Lipinski definition) is 3. The van der Waals surface area contributed by atoms with Crippen molar-refractivity contribution in [3.05, 3.63) is 94.3 Å². The van der Waals surface area contributed by atoms with Crippen LogP contribution in [-0.2, 0) is 11.2 Å². The highest BCUT2D eigenvalue weighted by atomic mass is 16.1. The van der Waals surface area contributed by atoms with Gasteiger partial charge >= 0.3 is 0 Å². The van der Waals surface area contributed by atoms with Gasteiger partial charge in [0.2, 0.25) is 5.91 Å². The Balaban J connectivity index is 1.23. The van der Waals surface area contributed by atoms with Crippen LogP contribution in [0, 0.1) is 11.3 Å². The van der Waals surface area contributed by atoms with E-state index in [-0.39, 0.29) is 11.5 Å². The summed E-state index contributed by atoms with van der Waals surface area (Å²) in [4.78, 5) is 24.1. The van der Waals surface area contributed by atoms with E-state index in [1.165, 1.54) is 0 Å². The first-order valence-electron chi connectivity index (χ1n) is 10.7. The molecule has 1 heterocycles. The first-order valence-corrected chi connectivity index (χ1v) is 10.7. The summed E-state index contributed by atoms with van der Waals surface area (Å²) in [6, 6.07) is 24.7. The smallest absolute Gasteiger partial charge is 0.272 e. The molecule has 0 spiro atoms. The first-order chi connectivity index (χ1) is 16.1. The summed E-state index contributed by atoms with van der Waals surface area (Å²) in [5, 5.41) is 23.0. The summed E-state index contributed by atoms with van der Waals surface area (Å²) in [6.45, 7) is 1.15. The first kappa shape index (κ1) is 21.8. The average Bonchev–Trinajstić information content (AvgIpc) is 2.86. The van der Waals surface area contributed by atoms with Crippen LogP contribution in [0.15, 0.2) is 77.6 Å². The molecule has 7 heteroatoms. The third-order valence-corrected chi connectivity index (χ3v) is 5.33. The van der Waals surface area contributed by atoms with E-state index in [2.05, 4.69) is 26.9 Å². The third-order valence-electron chi connectivity index (χ3n) is 5.33. The van der Waals surface area contributed by atoms with E-state index in [0.29, 0.717) is 36.3 Å². The number of nitriles is 1. The van der Waals surface area contributed by atoms with Gasteiger partial charge in [-0.05, 0) is 41.3 Å². The van der Waals surface area contributed by atoms with Crippen molar-refractivity contribution in [1.82, 2.24) is 15.5 Å². The van der Waals surface area contributed by atoms with Gasteiger partial charge in [0.25, 0.3) is 5.56 Å². The molecule has 4 aromatic rings. The number of aromatic amines is 1. The molecule has 7 nitrogen and oxygen atoms in total. The Labute approximate surface area is 191 Å². The molecule has 0 saturated heterocycles. The number of amides is 1. The summed E-state index contributed by atoms with van der Waals surface area (Å²) in [6.07, 6.45) is 1.03. The molecule has 0 radical (unpaired) electrons.